The minimum Gasteiger partial charge on any atom is -0.432 e. The topological polar surface area (TPSA) is 27.7 Å². The van der Waals surface area contributed by atoms with Crippen molar-refractivity contribution in [3.63, 3.8) is 0 Å². The fraction of sp³-hybridized carbons (Fsp3) is 0.407. The number of ether oxygens (including phenoxy) is 3. The van der Waals surface area contributed by atoms with E-state index in [4.69, 9.17) is 9.47 Å². The Balaban J connectivity index is 1.37. The molecule has 1 aliphatic heterocycles. The Morgan fingerprint density at radius 1 is 0.912 bits per heavy atom. The number of fused-ring (bicyclic) bond motifs is 1. The van der Waals surface area contributed by atoms with Crippen LogP contribution in [0, 0.1) is 17.6 Å². The number of benzene rings is 3. The van der Waals surface area contributed by atoms with Gasteiger partial charge in [0.1, 0.15) is 5.82 Å². The number of hydrogen-bond acceptors (Lipinski definition) is 3. The minimum atomic E-state index is -3.09. The molecule has 1 heterocycles. The van der Waals surface area contributed by atoms with Gasteiger partial charge >= 0.3 is 6.61 Å². The first kappa shape index (κ1) is 24.5. The fourth-order valence-electron chi connectivity index (χ4n) is 4.18. The van der Waals surface area contributed by atoms with Crippen LogP contribution in [-0.2, 0) is 28.7 Å². The molecule has 0 aromatic heterocycles. The van der Waals surface area contributed by atoms with Gasteiger partial charge in [-0.15, -0.1) is 0 Å². The van der Waals surface area contributed by atoms with Crippen molar-refractivity contribution >= 4 is 10.8 Å². The van der Waals surface area contributed by atoms with E-state index in [-0.39, 0.29) is 12.1 Å². The van der Waals surface area contributed by atoms with Crippen molar-refractivity contribution in [2.45, 2.75) is 51.9 Å². The van der Waals surface area contributed by atoms with Crippen molar-refractivity contribution < 1.29 is 31.8 Å². The van der Waals surface area contributed by atoms with Crippen LogP contribution in [0.25, 0.3) is 10.8 Å². The van der Waals surface area contributed by atoms with Gasteiger partial charge in [-0.25, -0.2) is 8.78 Å². The molecule has 0 aliphatic carbocycles. The van der Waals surface area contributed by atoms with Gasteiger partial charge in [0, 0.05) is 17.7 Å². The van der Waals surface area contributed by atoms with Gasteiger partial charge in [-0.2, -0.15) is 8.78 Å². The third-order valence-corrected chi connectivity index (χ3v) is 6.28. The van der Waals surface area contributed by atoms with Crippen molar-refractivity contribution in [1.29, 1.82) is 0 Å². The van der Waals surface area contributed by atoms with E-state index in [1.165, 1.54) is 12.1 Å². The molecule has 182 valence electrons. The highest BCUT2D eigenvalue weighted by molar-refractivity contribution is 5.84. The first-order valence-electron chi connectivity index (χ1n) is 11.6. The minimum absolute atomic E-state index is 0.196. The van der Waals surface area contributed by atoms with Crippen LogP contribution in [-0.4, -0.2) is 26.1 Å². The summed E-state index contributed by atoms with van der Waals surface area (Å²) < 4.78 is 69.3. The van der Waals surface area contributed by atoms with Crippen LogP contribution in [0.2, 0.25) is 0 Å². The molecule has 0 N–H and O–H groups in total. The Morgan fingerprint density at radius 3 is 2.35 bits per heavy atom. The van der Waals surface area contributed by atoms with Crippen LogP contribution in [0.1, 0.15) is 36.5 Å². The Labute approximate surface area is 196 Å². The molecule has 34 heavy (non-hydrogen) atoms. The van der Waals surface area contributed by atoms with Crippen molar-refractivity contribution in [3.8, 4) is 5.75 Å². The second kappa shape index (κ2) is 11.2. The molecule has 7 heteroatoms. The van der Waals surface area contributed by atoms with Gasteiger partial charge in [-0.3, -0.25) is 0 Å². The SMILES string of the molecule is CCC1COC(CCc2ccc3c(F)c(CCc4ccc(OC(F)F)c(F)c4)ccc3c2)OC1. The highest BCUT2D eigenvalue weighted by Gasteiger charge is 2.20. The molecule has 0 bridgehead atoms. The van der Waals surface area contributed by atoms with Crippen LogP contribution < -0.4 is 4.74 Å². The van der Waals surface area contributed by atoms with Crippen molar-refractivity contribution in [2.24, 2.45) is 5.92 Å². The van der Waals surface area contributed by atoms with E-state index in [1.54, 1.807) is 12.1 Å². The van der Waals surface area contributed by atoms with Crippen LogP contribution in [0.3, 0.4) is 0 Å². The molecule has 0 unspecified atom stereocenters. The molecule has 3 aromatic rings. The predicted molar refractivity (Wildman–Crippen MR) is 122 cm³/mol. The van der Waals surface area contributed by atoms with E-state index < -0.39 is 18.2 Å². The molecule has 1 aliphatic rings. The largest absolute Gasteiger partial charge is 0.432 e. The van der Waals surface area contributed by atoms with Gasteiger partial charge in [-0.1, -0.05) is 43.3 Å². The van der Waals surface area contributed by atoms with E-state index in [2.05, 4.69) is 11.7 Å². The lowest BCUT2D eigenvalue weighted by molar-refractivity contribution is -0.202. The van der Waals surface area contributed by atoms with Gasteiger partial charge < -0.3 is 14.2 Å². The van der Waals surface area contributed by atoms with Crippen LogP contribution in [0.4, 0.5) is 17.6 Å². The predicted octanol–water partition coefficient (Wildman–Crippen LogP) is 6.84. The molecule has 1 fully saturated rings. The lowest BCUT2D eigenvalue weighted by atomic mass is 9.98. The summed E-state index contributed by atoms with van der Waals surface area (Å²) in [6, 6.07) is 13.1. The Hall–Kier alpha value is -2.64. The highest BCUT2D eigenvalue weighted by atomic mass is 19.3. The van der Waals surface area contributed by atoms with Crippen LogP contribution in [0.5, 0.6) is 5.75 Å². The number of halogens is 4. The summed E-state index contributed by atoms with van der Waals surface area (Å²) in [5.41, 5.74) is 2.18. The van der Waals surface area contributed by atoms with Gasteiger partial charge in [-0.05, 0) is 59.9 Å². The summed E-state index contributed by atoms with van der Waals surface area (Å²) in [6.45, 7) is 0.498. The van der Waals surface area contributed by atoms with Gasteiger partial charge in [0.05, 0.1) is 13.2 Å². The summed E-state index contributed by atoms with van der Waals surface area (Å²) in [4.78, 5) is 0. The van der Waals surface area contributed by atoms with Gasteiger partial charge in [0.15, 0.2) is 17.9 Å². The first-order valence-corrected chi connectivity index (χ1v) is 11.6. The smallest absolute Gasteiger partial charge is 0.387 e. The summed E-state index contributed by atoms with van der Waals surface area (Å²) >= 11 is 0. The average molecular weight is 477 g/mol. The Kier molecular flexibility index (Phi) is 8.06. The van der Waals surface area contributed by atoms with E-state index >= 15 is 4.39 Å². The van der Waals surface area contributed by atoms with Crippen molar-refractivity contribution in [1.82, 2.24) is 0 Å². The van der Waals surface area contributed by atoms with E-state index in [1.807, 2.05) is 18.2 Å². The fourth-order valence-corrected chi connectivity index (χ4v) is 4.18. The molecule has 0 spiro atoms. The number of aryl methyl sites for hydroxylation is 3. The second-order valence-corrected chi connectivity index (χ2v) is 8.65. The van der Waals surface area contributed by atoms with Gasteiger partial charge in [0.2, 0.25) is 0 Å². The zero-order chi connectivity index (χ0) is 24.1. The number of rotatable bonds is 9. The molecule has 0 atom stereocenters. The number of alkyl halides is 2. The molecular formula is C27H28F4O3. The first-order chi connectivity index (χ1) is 16.4. The molecule has 4 rings (SSSR count). The lowest BCUT2D eigenvalue weighted by Crippen LogP contribution is -2.32. The standard InChI is InChI=1S/C27H28F4O3/c1-2-17-15-32-25(33-16-17)12-6-18-4-10-22-21(13-18)9-8-20(26(22)29)7-3-19-5-11-24(23(28)14-19)34-27(30)31/h4-5,8-11,13-14,17,25,27H,2-3,6-7,12,15-16H2,1H3. The third kappa shape index (κ3) is 6.07. The zero-order valence-electron chi connectivity index (χ0n) is 19.0. The normalized spacial score (nSPS) is 18.5. The van der Waals surface area contributed by atoms with E-state index in [0.717, 1.165) is 49.5 Å². The van der Waals surface area contributed by atoms with E-state index in [0.29, 0.717) is 35.3 Å². The lowest BCUT2D eigenvalue weighted by Gasteiger charge is -2.28. The van der Waals surface area contributed by atoms with Gasteiger partial charge in [0.25, 0.3) is 0 Å². The quantitative estimate of drug-likeness (QED) is 0.317. The molecule has 3 nitrogen and oxygen atoms in total. The van der Waals surface area contributed by atoms with E-state index in [9.17, 15) is 13.2 Å². The molecule has 1 saturated heterocycles. The van der Waals surface area contributed by atoms with Crippen LogP contribution in [0.15, 0.2) is 48.5 Å². The summed E-state index contributed by atoms with van der Waals surface area (Å²) in [5.74, 6) is -1.20. The monoisotopic (exact) mass is 476 g/mol. The summed E-state index contributed by atoms with van der Waals surface area (Å²) in [5, 5.41) is 1.35. The highest BCUT2D eigenvalue weighted by Crippen LogP contribution is 2.26. The maximum atomic E-state index is 15.1. The second-order valence-electron chi connectivity index (χ2n) is 8.65. The van der Waals surface area contributed by atoms with Crippen molar-refractivity contribution in [3.05, 3.63) is 76.9 Å². The summed E-state index contributed by atoms with van der Waals surface area (Å²) in [7, 11) is 0. The number of hydrogen-bond donors (Lipinski definition) is 0. The Morgan fingerprint density at radius 2 is 1.65 bits per heavy atom. The molecular weight excluding hydrogens is 448 g/mol. The summed E-state index contributed by atoms with van der Waals surface area (Å²) in [6.07, 6.45) is 3.10. The maximum Gasteiger partial charge on any atom is 0.387 e. The molecule has 3 aromatic carbocycles. The zero-order valence-corrected chi connectivity index (χ0v) is 19.0. The average Bonchev–Trinajstić information content (AvgIpc) is 2.84. The van der Waals surface area contributed by atoms with Crippen LogP contribution >= 0.6 is 0 Å². The maximum absolute atomic E-state index is 15.1. The van der Waals surface area contributed by atoms with Crippen molar-refractivity contribution in [2.75, 3.05) is 13.2 Å². The Bertz CT molecular complexity index is 1110. The molecule has 0 radical (unpaired) electrons. The molecule has 0 amide bonds. The molecule has 0 saturated carbocycles. The third-order valence-electron chi connectivity index (χ3n) is 6.28.